The number of rotatable bonds is 0. The zero-order chi connectivity index (χ0) is 7.86. The Labute approximate surface area is 92.4 Å². The number of nitrogens with two attached hydrogens (primary N) is 1. The van der Waals surface area contributed by atoms with E-state index < -0.39 is 5.97 Å². The summed E-state index contributed by atoms with van der Waals surface area (Å²) in [6, 6.07) is 0. The Morgan fingerprint density at radius 3 is 1.90 bits per heavy atom. The molecule has 5 nitrogen and oxygen atoms in total. The number of carboxylic acids is 1. The predicted octanol–water partition coefficient (Wildman–Crippen LogP) is -0.595. The molecule has 0 unspecified atom stereocenters. The van der Waals surface area contributed by atoms with Crippen LogP contribution >= 0.6 is 12.8 Å². The molecule has 0 aliphatic heterocycles. The molecule has 0 bridgehead atoms. The van der Waals surface area contributed by atoms with E-state index in [4.69, 9.17) is 15.3 Å². The van der Waals surface area contributed by atoms with Crippen LogP contribution in [0.3, 0.4) is 0 Å². The molecule has 0 aromatic rings. The monoisotopic (exact) mass is 290 g/mol. The molecule has 10 heavy (non-hydrogen) atoms. The van der Waals surface area contributed by atoms with E-state index in [1.54, 1.807) is 0 Å². The standard InChI is InChI=1S/C2H4O2.CH5N3S.La/c1-2(3)4;2-1(3)4-5;/h1H3,(H,3,4);5H,(H4,2,3,4);. The van der Waals surface area contributed by atoms with Gasteiger partial charge in [-0.1, -0.05) is 12.8 Å². The summed E-state index contributed by atoms with van der Waals surface area (Å²) in [5.74, 6) is -0.965. The van der Waals surface area contributed by atoms with E-state index in [0.29, 0.717) is 0 Å². The van der Waals surface area contributed by atoms with E-state index in [2.05, 4.69) is 23.3 Å². The van der Waals surface area contributed by atoms with Crippen molar-refractivity contribution in [1.82, 2.24) is 4.72 Å². The van der Waals surface area contributed by atoms with Crippen molar-refractivity contribution in [1.29, 1.82) is 5.41 Å². The van der Waals surface area contributed by atoms with E-state index in [0.717, 1.165) is 6.92 Å². The van der Waals surface area contributed by atoms with Crippen LogP contribution in [0.5, 0.6) is 0 Å². The van der Waals surface area contributed by atoms with Crippen LogP contribution in [-0.4, -0.2) is 17.0 Å². The minimum atomic E-state index is -0.833. The Bertz CT molecular complexity index is 106. The predicted molar refractivity (Wildman–Crippen MR) is 37.3 cm³/mol. The van der Waals surface area contributed by atoms with Crippen LogP contribution in [0.25, 0.3) is 0 Å². The Morgan fingerprint density at radius 1 is 1.80 bits per heavy atom. The number of carboxylic acid groups (broad SMARTS) is 1. The quantitative estimate of drug-likeness (QED) is 0.234. The first-order valence-electron chi connectivity index (χ1n) is 1.94. The van der Waals surface area contributed by atoms with Crippen LogP contribution in [0.2, 0.25) is 0 Å². The third-order valence-corrected chi connectivity index (χ3v) is 0.361. The van der Waals surface area contributed by atoms with Gasteiger partial charge in [0.05, 0.1) is 0 Å². The molecule has 0 rings (SSSR count). The zero-order valence-electron chi connectivity index (χ0n) is 5.46. The van der Waals surface area contributed by atoms with E-state index in [1.807, 2.05) is 0 Å². The summed E-state index contributed by atoms with van der Waals surface area (Å²) in [6.07, 6.45) is 0. The van der Waals surface area contributed by atoms with Gasteiger partial charge in [-0.25, -0.2) is 0 Å². The van der Waals surface area contributed by atoms with E-state index in [-0.39, 0.29) is 41.6 Å². The number of hydrogen-bond acceptors (Lipinski definition) is 3. The Balaban J connectivity index is -0.0000000910. The van der Waals surface area contributed by atoms with E-state index in [9.17, 15) is 0 Å². The number of nitrogens with one attached hydrogen (secondary N) is 2. The van der Waals surface area contributed by atoms with E-state index >= 15 is 0 Å². The fraction of sp³-hybridized carbons (Fsp3) is 0.333. The third kappa shape index (κ3) is 84.2. The Hall–Kier alpha value is 0.285. The van der Waals surface area contributed by atoms with Crippen molar-refractivity contribution >= 4 is 24.7 Å². The van der Waals surface area contributed by atoms with Gasteiger partial charge in [0.15, 0.2) is 5.96 Å². The topological polar surface area (TPSA) is 99.2 Å². The first-order chi connectivity index (χ1) is 4.00. The summed E-state index contributed by atoms with van der Waals surface area (Å²) in [5, 5.41) is 13.8. The van der Waals surface area contributed by atoms with Crippen molar-refractivity contribution in [2.45, 2.75) is 6.92 Å². The minimum absolute atomic E-state index is 0. The van der Waals surface area contributed by atoms with Gasteiger partial charge in [-0.15, -0.1) is 0 Å². The molecule has 0 amide bonds. The molecule has 0 aliphatic carbocycles. The van der Waals surface area contributed by atoms with Gasteiger partial charge in [-0.05, 0) is 0 Å². The molecular weight excluding hydrogens is 281 g/mol. The van der Waals surface area contributed by atoms with Gasteiger partial charge in [0.25, 0.3) is 5.97 Å². The fourth-order valence-electron chi connectivity index (χ4n) is 0. The van der Waals surface area contributed by atoms with Gasteiger partial charge in [-0.3, -0.25) is 10.2 Å². The first-order valence-corrected chi connectivity index (χ1v) is 2.39. The molecule has 7 heteroatoms. The molecule has 0 aliphatic rings. The van der Waals surface area contributed by atoms with Crippen LogP contribution in [-0.2, 0) is 4.79 Å². The summed E-state index contributed by atoms with van der Waals surface area (Å²) in [5.41, 5.74) is 4.69. The normalized spacial score (nSPS) is 5.80. The molecule has 0 aromatic heterocycles. The van der Waals surface area contributed by atoms with Crippen molar-refractivity contribution < 1.29 is 45.5 Å². The first kappa shape index (κ1) is 16.7. The maximum Gasteiger partial charge on any atom is 0.300 e. The second-order valence-corrected chi connectivity index (χ2v) is 1.27. The van der Waals surface area contributed by atoms with Crippen LogP contribution in [0.1, 0.15) is 6.92 Å². The van der Waals surface area contributed by atoms with Gasteiger partial charge in [0, 0.05) is 42.5 Å². The number of carbonyl (C=O) groups is 1. The largest absolute Gasteiger partial charge is 0.481 e. The summed E-state index contributed by atoms with van der Waals surface area (Å²) in [4.78, 5) is 9.00. The third-order valence-electron chi connectivity index (χ3n) is 0.120. The molecular formula is C3H9LaN3O2S. The summed E-state index contributed by atoms with van der Waals surface area (Å²) in [7, 11) is 0. The van der Waals surface area contributed by atoms with Crippen molar-refractivity contribution in [2.75, 3.05) is 0 Å². The fourth-order valence-corrected chi connectivity index (χ4v) is 0. The van der Waals surface area contributed by atoms with Gasteiger partial charge >= 0.3 is 0 Å². The molecule has 0 saturated carbocycles. The zero-order valence-corrected chi connectivity index (χ0v) is 9.98. The molecule has 1 radical (unpaired) electrons. The second kappa shape index (κ2) is 12.0. The second-order valence-electron chi connectivity index (χ2n) is 1.04. The number of aliphatic carboxylic acids is 1. The minimum Gasteiger partial charge on any atom is -0.481 e. The van der Waals surface area contributed by atoms with Gasteiger partial charge in [0.2, 0.25) is 0 Å². The van der Waals surface area contributed by atoms with Gasteiger partial charge in [0.1, 0.15) is 0 Å². The van der Waals surface area contributed by atoms with Crippen molar-refractivity contribution in [3.8, 4) is 0 Å². The Kier molecular flexibility index (Phi) is 20.1. The maximum atomic E-state index is 9.00. The SMILES string of the molecule is CC(=O)O.N=C(N)NS.[La]. The molecule has 0 heterocycles. The summed E-state index contributed by atoms with van der Waals surface area (Å²) >= 11 is 3.42. The molecule has 0 spiro atoms. The number of thiol groups is 1. The van der Waals surface area contributed by atoms with Crippen molar-refractivity contribution in [2.24, 2.45) is 5.73 Å². The molecule has 0 atom stereocenters. The average molecular weight is 290 g/mol. The van der Waals surface area contributed by atoms with Crippen molar-refractivity contribution in [3.05, 3.63) is 0 Å². The van der Waals surface area contributed by atoms with Crippen LogP contribution in [0.4, 0.5) is 0 Å². The maximum absolute atomic E-state index is 9.00. The smallest absolute Gasteiger partial charge is 0.300 e. The summed E-state index contributed by atoms with van der Waals surface area (Å²) in [6.45, 7) is 1.08. The molecule has 5 N–H and O–H groups in total. The average Bonchev–Trinajstić information content (AvgIpc) is 1.65. The summed E-state index contributed by atoms with van der Waals surface area (Å²) < 4.78 is 2.08. The Morgan fingerprint density at radius 2 is 1.90 bits per heavy atom. The van der Waals surface area contributed by atoms with Crippen LogP contribution in [0.15, 0.2) is 0 Å². The molecule has 0 fully saturated rings. The van der Waals surface area contributed by atoms with Crippen LogP contribution < -0.4 is 10.5 Å². The number of hydrogen-bond donors (Lipinski definition) is 5. The van der Waals surface area contributed by atoms with E-state index in [1.165, 1.54) is 0 Å². The molecule has 0 saturated heterocycles. The molecule has 0 aromatic carbocycles. The van der Waals surface area contributed by atoms with Crippen LogP contribution in [0, 0.1) is 41.0 Å². The van der Waals surface area contributed by atoms with Crippen molar-refractivity contribution in [3.63, 3.8) is 0 Å². The number of guanidine groups is 1. The van der Waals surface area contributed by atoms with Gasteiger partial charge in [-0.2, -0.15) is 0 Å². The molecule has 57 valence electrons. The van der Waals surface area contributed by atoms with Gasteiger partial charge < -0.3 is 15.6 Å².